The Kier molecular flexibility index (Phi) is 8.40. The largest absolute Gasteiger partial charge is 0.497 e. The van der Waals surface area contributed by atoms with Gasteiger partial charge in [-0.3, -0.25) is 14.4 Å². The Hall–Kier alpha value is -3.35. The number of carbonyl (C=O) groups excluding carboxylic acids is 3. The predicted molar refractivity (Wildman–Crippen MR) is 134 cm³/mol. The summed E-state index contributed by atoms with van der Waals surface area (Å²) in [6.07, 6.45) is 5.66. The Morgan fingerprint density at radius 1 is 0.886 bits per heavy atom. The summed E-state index contributed by atoms with van der Waals surface area (Å²) in [6.45, 7) is 1.15. The quantitative estimate of drug-likeness (QED) is 0.640. The molecule has 1 saturated carbocycles. The minimum absolute atomic E-state index is 0.0159. The number of carbonyl (C=O) groups is 3. The van der Waals surface area contributed by atoms with Crippen LogP contribution in [0.25, 0.3) is 0 Å². The molecule has 3 amide bonds. The van der Waals surface area contributed by atoms with Gasteiger partial charge in [-0.25, -0.2) is 0 Å². The average Bonchev–Trinajstić information content (AvgIpc) is 2.90. The van der Waals surface area contributed by atoms with Crippen molar-refractivity contribution in [1.29, 1.82) is 0 Å². The van der Waals surface area contributed by atoms with Gasteiger partial charge in [0, 0.05) is 30.7 Å². The topological polar surface area (TPSA) is 87.7 Å². The van der Waals surface area contributed by atoms with E-state index in [-0.39, 0.29) is 35.7 Å². The van der Waals surface area contributed by atoms with E-state index < -0.39 is 0 Å². The SMILES string of the molecule is COc1ccc(C(=O)N[C@@H]2CCCC[C@H]2NC(=O)[C@@H]2CCCN(C(=O)Cc3ccccc3)C2)cc1. The summed E-state index contributed by atoms with van der Waals surface area (Å²) in [5, 5.41) is 6.34. The zero-order valence-corrected chi connectivity index (χ0v) is 20.4. The van der Waals surface area contributed by atoms with Crippen molar-refractivity contribution in [1.82, 2.24) is 15.5 Å². The number of piperidine rings is 1. The van der Waals surface area contributed by atoms with Crippen molar-refractivity contribution >= 4 is 17.7 Å². The molecule has 7 nitrogen and oxygen atoms in total. The molecule has 1 saturated heterocycles. The Labute approximate surface area is 207 Å². The summed E-state index contributed by atoms with van der Waals surface area (Å²) < 4.78 is 5.17. The molecule has 1 aliphatic carbocycles. The summed E-state index contributed by atoms with van der Waals surface area (Å²) in [5.41, 5.74) is 1.56. The number of hydrogen-bond donors (Lipinski definition) is 2. The maximum atomic E-state index is 13.2. The molecule has 0 radical (unpaired) electrons. The molecule has 0 unspecified atom stereocenters. The van der Waals surface area contributed by atoms with Crippen LogP contribution < -0.4 is 15.4 Å². The third-order valence-corrected chi connectivity index (χ3v) is 7.11. The van der Waals surface area contributed by atoms with Gasteiger partial charge in [0.2, 0.25) is 11.8 Å². The summed E-state index contributed by atoms with van der Waals surface area (Å²) in [6, 6.07) is 16.5. The first-order valence-electron chi connectivity index (χ1n) is 12.6. The van der Waals surface area contributed by atoms with Crippen LogP contribution in [0.15, 0.2) is 54.6 Å². The Morgan fingerprint density at radius 2 is 1.57 bits per heavy atom. The van der Waals surface area contributed by atoms with E-state index in [1.165, 1.54) is 0 Å². The average molecular weight is 478 g/mol. The first-order chi connectivity index (χ1) is 17.0. The molecule has 2 aliphatic rings. The highest BCUT2D eigenvalue weighted by atomic mass is 16.5. The van der Waals surface area contributed by atoms with Crippen LogP contribution in [0.2, 0.25) is 0 Å². The Bertz CT molecular complexity index is 1010. The van der Waals surface area contributed by atoms with Crippen LogP contribution in [0.1, 0.15) is 54.4 Å². The van der Waals surface area contributed by atoms with Gasteiger partial charge in [0.05, 0.1) is 19.4 Å². The first-order valence-corrected chi connectivity index (χ1v) is 12.6. The van der Waals surface area contributed by atoms with Gasteiger partial charge < -0.3 is 20.3 Å². The lowest BCUT2D eigenvalue weighted by molar-refractivity contribution is -0.135. The number of likely N-dealkylation sites (tertiary alicyclic amines) is 1. The molecule has 0 bridgehead atoms. The number of ether oxygens (including phenoxy) is 1. The Balaban J connectivity index is 1.32. The van der Waals surface area contributed by atoms with Crippen molar-refractivity contribution in [3.05, 3.63) is 65.7 Å². The van der Waals surface area contributed by atoms with E-state index in [0.29, 0.717) is 30.8 Å². The van der Waals surface area contributed by atoms with Crippen molar-refractivity contribution in [2.24, 2.45) is 5.92 Å². The van der Waals surface area contributed by atoms with E-state index in [9.17, 15) is 14.4 Å². The zero-order chi connectivity index (χ0) is 24.6. The van der Waals surface area contributed by atoms with E-state index in [2.05, 4.69) is 10.6 Å². The maximum absolute atomic E-state index is 13.2. The molecular formula is C28H35N3O4. The van der Waals surface area contributed by atoms with Crippen LogP contribution in [0, 0.1) is 5.92 Å². The monoisotopic (exact) mass is 477 g/mol. The third kappa shape index (κ3) is 6.62. The van der Waals surface area contributed by atoms with E-state index in [0.717, 1.165) is 44.1 Å². The first kappa shape index (κ1) is 24.8. The number of amides is 3. The molecule has 2 N–H and O–H groups in total. The zero-order valence-electron chi connectivity index (χ0n) is 20.4. The van der Waals surface area contributed by atoms with Crippen molar-refractivity contribution in [3.63, 3.8) is 0 Å². The highest BCUT2D eigenvalue weighted by Crippen LogP contribution is 2.22. The lowest BCUT2D eigenvalue weighted by Gasteiger charge is -2.36. The minimum atomic E-state index is -0.219. The number of benzene rings is 2. The predicted octanol–water partition coefficient (Wildman–Crippen LogP) is 3.33. The molecule has 1 heterocycles. The maximum Gasteiger partial charge on any atom is 0.251 e. The summed E-state index contributed by atoms with van der Waals surface area (Å²) in [4.78, 5) is 40.6. The molecule has 4 rings (SSSR count). The number of rotatable bonds is 7. The molecule has 7 heteroatoms. The fraction of sp³-hybridized carbons (Fsp3) is 0.464. The molecule has 2 aromatic carbocycles. The van der Waals surface area contributed by atoms with E-state index >= 15 is 0 Å². The van der Waals surface area contributed by atoms with Crippen molar-refractivity contribution in [2.75, 3.05) is 20.2 Å². The summed E-state index contributed by atoms with van der Waals surface area (Å²) in [5.74, 6) is 0.388. The molecular weight excluding hydrogens is 442 g/mol. The fourth-order valence-corrected chi connectivity index (χ4v) is 5.07. The van der Waals surface area contributed by atoms with Crippen LogP contribution >= 0.6 is 0 Å². The number of nitrogens with one attached hydrogen (secondary N) is 2. The molecule has 0 spiro atoms. The van der Waals surface area contributed by atoms with E-state index in [4.69, 9.17) is 4.74 Å². The van der Waals surface area contributed by atoms with Crippen LogP contribution in [0.5, 0.6) is 5.75 Å². The smallest absolute Gasteiger partial charge is 0.251 e. The highest BCUT2D eigenvalue weighted by Gasteiger charge is 2.33. The van der Waals surface area contributed by atoms with Gasteiger partial charge in [0.1, 0.15) is 5.75 Å². The van der Waals surface area contributed by atoms with Gasteiger partial charge in [-0.05, 0) is 55.5 Å². The van der Waals surface area contributed by atoms with Gasteiger partial charge in [-0.1, -0.05) is 43.2 Å². The molecule has 0 aromatic heterocycles. The molecule has 3 atom stereocenters. The molecule has 2 aromatic rings. The van der Waals surface area contributed by atoms with Crippen molar-refractivity contribution < 1.29 is 19.1 Å². The van der Waals surface area contributed by atoms with Gasteiger partial charge >= 0.3 is 0 Å². The molecule has 1 aliphatic heterocycles. The highest BCUT2D eigenvalue weighted by molar-refractivity contribution is 5.94. The van der Waals surface area contributed by atoms with Gasteiger partial charge in [0.25, 0.3) is 5.91 Å². The second-order valence-corrected chi connectivity index (χ2v) is 9.55. The van der Waals surface area contributed by atoms with Crippen molar-refractivity contribution in [3.8, 4) is 5.75 Å². The number of nitrogens with zero attached hydrogens (tertiary/aromatic N) is 1. The van der Waals surface area contributed by atoms with E-state index in [1.54, 1.807) is 31.4 Å². The number of methoxy groups -OCH3 is 1. The third-order valence-electron chi connectivity index (χ3n) is 7.11. The molecule has 2 fully saturated rings. The Morgan fingerprint density at radius 3 is 2.26 bits per heavy atom. The second kappa shape index (κ2) is 11.9. The summed E-state index contributed by atoms with van der Waals surface area (Å²) in [7, 11) is 1.59. The van der Waals surface area contributed by atoms with E-state index in [1.807, 2.05) is 35.2 Å². The van der Waals surface area contributed by atoms with Crippen LogP contribution in [-0.4, -0.2) is 54.9 Å². The van der Waals surface area contributed by atoms with Crippen molar-refractivity contribution in [2.45, 2.75) is 57.0 Å². The standard InChI is InChI=1S/C28H35N3O4/c1-35-23-15-13-21(14-16-23)27(33)29-24-11-5-6-12-25(24)30-28(34)22-10-7-17-31(19-22)26(32)18-20-8-3-2-4-9-20/h2-4,8-9,13-16,22,24-25H,5-7,10-12,17-19H2,1H3,(H,29,33)(H,30,34)/t22-,24-,25-/m1/s1. The number of hydrogen-bond acceptors (Lipinski definition) is 4. The molecule has 35 heavy (non-hydrogen) atoms. The summed E-state index contributed by atoms with van der Waals surface area (Å²) >= 11 is 0. The van der Waals surface area contributed by atoms with Crippen LogP contribution in [0.3, 0.4) is 0 Å². The fourth-order valence-electron chi connectivity index (χ4n) is 5.07. The lowest BCUT2D eigenvalue weighted by atomic mass is 9.88. The normalized spacial score (nSPS) is 22.2. The minimum Gasteiger partial charge on any atom is -0.497 e. The van der Waals surface area contributed by atoms with Crippen LogP contribution in [-0.2, 0) is 16.0 Å². The van der Waals surface area contributed by atoms with Crippen LogP contribution in [0.4, 0.5) is 0 Å². The van der Waals surface area contributed by atoms with Gasteiger partial charge in [0.15, 0.2) is 0 Å². The molecule has 186 valence electrons. The lowest BCUT2D eigenvalue weighted by Crippen LogP contribution is -2.55. The second-order valence-electron chi connectivity index (χ2n) is 9.55. The van der Waals surface area contributed by atoms with Gasteiger partial charge in [-0.15, -0.1) is 0 Å². The van der Waals surface area contributed by atoms with Gasteiger partial charge in [-0.2, -0.15) is 0 Å².